The van der Waals surface area contributed by atoms with Crippen LogP contribution in [0, 0.1) is 0 Å². The molecule has 8 heteroatoms. The molecule has 0 bridgehead atoms. The fraction of sp³-hybridized carbons (Fsp3) is 0.769. The molecule has 0 unspecified atom stereocenters. The van der Waals surface area contributed by atoms with E-state index in [1.165, 1.54) is 4.90 Å². The highest BCUT2D eigenvalue weighted by Gasteiger charge is 2.31. The molecule has 1 heterocycles. The average molecular weight is 301 g/mol. The van der Waals surface area contributed by atoms with Gasteiger partial charge in [0.15, 0.2) is 0 Å². The molecule has 0 aromatic heterocycles. The lowest BCUT2D eigenvalue weighted by atomic mass is 10.2. The molecule has 0 spiro atoms. The minimum atomic E-state index is -1.000. The van der Waals surface area contributed by atoms with Gasteiger partial charge in [0.05, 0.1) is 0 Å². The van der Waals surface area contributed by atoms with Crippen LogP contribution in [0.5, 0.6) is 0 Å². The Balaban J connectivity index is 2.54. The molecule has 0 radical (unpaired) electrons. The first-order chi connectivity index (χ1) is 9.60. The van der Waals surface area contributed by atoms with Gasteiger partial charge >= 0.3 is 12.1 Å². The third-order valence-electron chi connectivity index (χ3n) is 2.89. The maximum atomic E-state index is 12.2. The summed E-state index contributed by atoms with van der Waals surface area (Å²) in [6.45, 7) is 7.62. The predicted molar refractivity (Wildman–Crippen MR) is 74.8 cm³/mol. The summed E-state index contributed by atoms with van der Waals surface area (Å²) in [6, 6.07) is -1.55. The summed E-state index contributed by atoms with van der Waals surface area (Å²) in [7, 11) is 0. The maximum Gasteiger partial charge on any atom is 0.408 e. The zero-order valence-electron chi connectivity index (χ0n) is 12.8. The molecule has 1 rings (SSSR count). The molecule has 1 aliphatic heterocycles. The molecule has 1 saturated heterocycles. The van der Waals surface area contributed by atoms with Gasteiger partial charge in [0.2, 0.25) is 5.91 Å². The SMILES string of the molecule is C[C@H](NC(=O)OC(C)(C)C)C(=O)N1CCN[C@H](C(=O)O)C1. The number of rotatable bonds is 3. The van der Waals surface area contributed by atoms with Crippen molar-refractivity contribution in [3.05, 3.63) is 0 Å². The van der Waals surface area contributed by atoms with Gasteiger partial charge in [0.1, 0.15) is 17.7 Å². The Bertz CT molecular complexity index is 419. The minimum absolute atomic E-state index is 0.0779. The monoisotopic (exact) mass is 301 g/mol. The van der Waals surface area contributed by atoms with Gasteiger partial charge in [-0.3, -0.25) is 9.59 Å². The Morgan fingerprint density at radius 2 is 2.00 bits per heavy atom. The Morgan fingerprint density at radius 3 is 2.52 bits per heavy atom. The van der Waals surface area contributed by atoms with E-state index < -0.39 is 29.7 Å². The summed E-state index contributed by atoms with van der Waals surface area (Å²) in [6.07, 6.45) is -0.673. The van der Waals surface area contributed by atoms with Crippen molar-refractivity contribution in [3.63, 3.8) is 0 Å². The summed E-state index contributed by atoms with van der Waals surface area (Å²) < 4.78 is 5.08. The van der Waals surface area contributed by atoms with Crippen LogP contribution in [0.2, 0.25) is 0 Å². The summed E-state index contributed by atoms with van der Waals surface area (Å²) in [4.78, 5) is 36.2. The predicted octanol–water partition coefficient (Wildman–Crippen LogP) is -0.215. The second-order valence-electron chi connectivity index (χ2n) is 6.00. The Hall–Kier alpha value is -1.83. The van der Waals surface area contributed by atoms with Crippen molar-refractivity contribution >= 4 is 18.0 Å². The first-order valence-corrected chi connectivity index (χ1v) is 6.84. The molecule has 3 N–H and O–H groups in total. The number of nitrogens with zero attached hydrogens (tertiary/aromatic N) is 1. The van der Waals surface area contributed by atoms with Crippen LogP contribution in [0.3, 0.4) is 0 Å². The number of piperazine rings is 1. The summed E-state index contributed by atoms with van der Waals surface area (Å²) in [5.41, 5.74) is -0.643. The average Bonchev–Trinajstić information content (AvgIpc) is 2.35. The second kappa shape index (κ2) is 6.75. The third kappa shape index (κ3) is 5.58. The number of carbonyl (C=O) groups excluding carboxylic acids is 2. The van der Waals surface area contributed by atoms with Crippen molar-refractivity contribution in [2.45, 2.75) is 45.4 Å². The van der Waals surface area contributed by atoms with E-state index in [1.54, 1.807) is 27.7 Å². The van der Waals surface area contributed by atoms with Crippen LogP contribution in [0.4, 0.5) is 4.79 Å². The number of carboxylic acids is 1. The molecule has 120 valence electrons. The summed E-state index contributed by atoms with van der Waals surface area (Å²) in [5.74, 6) is -1.33. The van der Waals surface area contributed by atoms with Gasteiger partial charge in [-0.2, -0.15) is 0 Å². The van der Waals surface area contributed by atoms with E-state index in [0.717, 1.165) is 0 Å². The minimum Gasteiger partial charge on any atom is -0.480 e. The van der Waals surface area contributed by atoms with Crippen molar-refractivity contribution in [2.75, 3.05) is 19.6 Å². The molecular weight excluding hydrogens is 278 g/mol. The third-order valence-corrected chi connectivity index (χ3v) is 2.89. The van der Waals surface area contributed by atoms with Crippen LogP contribution in [-0.4, -0.2) is 65.3 Å². The molecule has 2 amide bonds. The zero-order valence-corrected chi connectivity index (χ0v) is 12.8. The highest BCUT2D eigenvalue weighted by atomic mass is 16.6. The molecule has 0 aromatic carbocycles. The number of amides is 2. The lowest BCUT2D eigenvalue weighted by Crippen LogP contribution is -2.59. The molecular formula is C13H23N3O5. The van der Waals surface area contributed by atoms with Gasteiger partial charge in [0.25, 0.3) is 0 Å². The van der Waals surface area contributed by atoms with Crippen LogP contribution in [0.25, 0.3) is 0 Å². The number of hydrogen-bond acceptors (Lipinski definition) is 5. The van der Waals surface area contributed by atoms with Gasteiger partial charge in [-0.1, -0.05) is 0 Å². The number of nitrogens with one attached hydrogen (secondary N) is 2. The van der Waals surface area contributed by atoms with Gasteiger partial charge < -0.3 is 25.4 Å². The van der Waals surface area contributed by atoms with Crippen LogP contribution in [0.15, 0.2) is 0 Å². The molecule has 0 aromatic rings. The first kappa shape index (κ1) is 17.2. The van der Waals surface area contributed by atoms with Crippen LogP contribution in [-0.2, 0) is 14.3 Å². The van der Waals surface area contributed by atoms with E-state index in [4.69, 9.17) is 9.84 Å². The van der Waals surface area contributed by atoms with Crippen LogP contribution < -0.4 is 10.6 Å². The summed E-state index contributed by atoms with van der Waals surface area (Å²) in [5, 5.41) is 14.2. The van der Waals surface area contributed by atoms with Crippen molar-refractivity contribution in [3.8, 4) is 0 Å². The number of carbonyl (C=O) groups is 3. The lowest BCUT2D eigenvalue weighted by Gasteiger charge is -2.33. The van der Waals surface area contributed by atoms with Crippen LogP contribution >= 0.6 is 0 Å². The maximum absolute atomic E-state index is 12.2. The van der Waals surface area contributed by atoms with E-state index >= 15 is 0 Å². The molecule has 2 atom stereocenters. The van der Waals surface area contributed by atoms with Gasteiger partial charge in [-0.15, -0.1) is 0 Å². The molecule has 21 heavy (non-hydrogen) atoms. The molecule has 8 nitrogen and oxygen atoms in total. The Morgan fingerprint density at radius 1 is 1.38 bits per heavy atom. The molecule has 1 fully saturated rings. The topological polar surface area (TPSA) is 108 Å². The fourth-order valence-corrected chi connectivity index (χ4v) is 1.94. The highest BCUT2D eigenvalue weighted by molar-refractivity contribution is 5.86. The fourth-order valence-electron chi connectivity index (χ4n) is 1.94. The quantitative estimate of drug-likeness (QED) is 0.665. The smallest absolute Gasteiger partial charge is 0.408 e. The van der Waals surface area contributed by atoms with Crippen molar-refractivity contribution < 1.29 is 24.2 Å². The zero-order chi connectivity index (χ0) is 16.2. The highest BCUT2D eigenvalue weighted by Crippen LogP contribution is 2.08. The van der Waals surface area contributed by atoms with Crippen molar-refractivity contribution in [2.24, 2.45) is 0 Å². The number of alkyl carbamates (subject to hydrolysis) is 1. The van der Waals surface area contributed by atoms with Crippen molar-refractivity contribution in [1.29, 1.82) is 0 Å². The van der Waals surface area contributed by atoms with Gasteiger partial charge in [0, 0.05) is 19.6 Å². The normalized spacial score (nSPS) is 20.6. The van der Waals surface area contributed by atoms with Gasteiger partial charge in [-0.05, 0) is 27.7 Å². The van der Waals surface area contributed by atoms with E-state index in [-0.39, 0.29) is 12.5 Å². The number of carboxylic acid groups (broad SMARTS) is 1. The van der Waals surface area contributed by atoms with E-state index in [9.17, 15) is 14.4 Å². The second-order valence-corrected chi connectivity index (χ2v) is 6.00. The van der Waals surface area contributed by atoms with E-state index in [2.05, 4.69) is 10.6 Å². The number of aliphatic carboxylic acids is 1. The largest absolute Gasteiger partial charge is 0.480 e. The number of ether oxygens (including phenoxy) is 1. The van der Waals surface area contributed by atoms with E-state index in [1.807, 2.05) is 0 Å². The van der Waals surface area contributed by atoms with Gasteiger partial charge in [-0.25, -0.2) is 4.79 Å². The van der Waals surface area contributed by atoms with Crippen LogP contribution in [0.1, 0.15) is 27.7 Å². The van der Waals surface area contributed by atoms with Crippen molar-refractivity contribution in [1.82, 2.24) is 15.5 Å². The van der Waals surface area contributed by atoms with E-state index in [0.29, 0.717) is 13.1 Å². The molecule has 1 aliphatic rings. The Kier molecular flexibility index (Phi) is 5.54. The standard InChI is InChI=1S/C13H23N3O5/c1-8(15-12(20)21-13(2,3)4)10(17)16-6-5-14-9(7-16)11(18)19/h8-9,14H,5-7H2,1-4H3,(H,15,20)(H,18,19)/t8-,9-/m0/s1. The lowest BCUT2D eigenvalue weighted by molar-refractivity contribution is -0.143. The summed E-state index contributed by atoms with van der Waals surface area (Å²) >= 11 is 0. The molecule has 0 saturated carbocycles. The molecule has 0 aliphatic carbocycles. The number of hydrogen-bond donors (Lipinski definition) is 3. The Labute approximate surface area is 123 Å². The first-order valence-electron chi connectivity index (χ1n) is 6.84.